The summed E-state index contributed by atoms with van der Waals surface area (Å²) in [6, 6.07) is 18.2. The maximum absolute atomic E-state index is 12.5. The Labute approximate surface area is 216 Å². The van der Waals surface area contributed by atoms with Gasteiger partial charge in [-0.25, -0.2) is 0 Å². The molecule has 2 aromatic carbocycles. The van der Waals surface area contributed by atoms with Crippen molar-refractivity contribution in [2.24, 2.45) is 5.92 Å². The third-order valence-electron chi connectivity index (χ3n) is 5.72. The van der Waals surface area contributed by atoms with E-state index in [0.29, 0.717) is 36.9 Å². The van der Waals surface area contributed by atoms with Crippen molar-refractivity contribution in [3.05, 3.63) is 78.3 Å². The second kappa shape index (κ2) is 11.7. The number of thiocarbonyl (C=S) groups is 1. The number of benzene rings is 2. The van der Waals surface area contributed by atoms with E-state index in [4.69, 9.17) is 21.4 Å². The molecule has 1 aliphatic heterocycles. The van der Waals surface area contributed by atoms with Gasteiger partial charge in [-0.05, 0) is 78.8 Å². The molecule has 0 radical (unpaired) electrons. The van der Waals surface area contributed by atoms with Gasteiger partial charge in [-0.3, -0.25) is 14.9 Å². The topological polar surface area (TPSA) is 87.0 Å². The number of piperazine rings is 1. The number of carbonyl (C=O) groups is 2. The van der Waals surface area contributed by atoms with Crippen molar-refractivity contribution in [2.45, 2.75) is 13.8 Å². The number of carbonyl (C=O) groups excluding carboxylic acids is 2. The van der Waals surface area contributed by atoms with E-state index in [1.165, 1.54) is 6.26 Å². The summed E-state index contributed by atoms with van der Waals surface area (Å²) in [5.74, 6) is 1.16. The van der Waals surface area contributed by atoms with Crippen molar-refractivity contribution in [1.29, 1.82) is 0 Å². The number of ether oxygens (including phenoxy) is 1. The molecule has 9 heteroatoms. The molecule has 36 heavy (non-hydrogen) atoms. The van der Waals surface area contributed by atoms with Gasteiger partial charge in [0.1, 0.15) is 5.75 Å². The summed E-state index contributed by atoms with van der Waals surface area (Å²) in [6.07, 6.45) is 1.51. The summed E-state index contributed by atoms with van der Waals surface area (Å²) in [5, 5.41) is 5.97. The predicted octanol–water partition coefficient (Wildman–Crippen LogP) is 4.40. The van der Waals surface area contributed by atoms with Crippen LogP contribution in [0.15, 0.2) is 71.3 Å². The first-order valence-corrected chi connectivity index (χ1v) is 12.3. The Morgan fingerprint density at radius 1 is 1.00 bits per heavy atom. The van der Waals surface area contributed by atoms with Crippen LogP contribution >= 0.6 is 12.2 Å². The van der Waals surface area contributed by atoms with Crippen molar-refractivity contribution in [1.82, 2.24) is 10.2 Å². The summed E-state index contributed by atoms with van der Waals surface area (Å²) in [6.45, 7) is 7.50. The number of nitrogens with zero attached hydrogens (tertiary/aromatic N) is 2. The van der Waals surface area contributed by atoms with Crippen LogP contribution in [0.1, 0.15) is 34.8 Å². The highest BCUT2D eigenvalue weighted by Gasteiger charge is 2.23. The first kappa shape index (κ1) is 25.2. The fourth-order valence-corrected chi connectivity index (χ4v) is 3.99. The molecule has 1 saturated heterocycles. The van der Waals surface area contributed by atoms with Crippen LogP contribution in [0.3, 0.4) is 0 Å². The normalized spacial score (nSPS) is 13.4. The van der Waals surface area contributed by atoms with Gasteiger partial charge >= 0.3 is 0 Å². The maximum Gasteiger partial charge on any atom is 0.289 e. The number of amides is 2. The zero-order valence-corrected chi connectivity index (χ0v) is 21.2. The zero-order valence-electron chi connectivity index (χ0n) is 20.4. The number of anilines is 2. The Balaban J connectivity index is 1.24. The number of hydrogen-bond acceptors (Lipinski definition) is 6. The van der Waals surface area contributed by atoms with E-state index in [2.05, 4.69) is 29.4 Å². The van der Waals surface area contributed by atoms with Gasteiger partial charge in [0, 0.05) is 43.1 Å². The monoisotopic (exact) mass is 506 g/mol. The molecular formula is C27H30N4O4S. The van der Waals surface area contributed by atoms with E-state index in [0.717, 1.165) is 30.2 Å². The molecular weight excluding hydrogens is 476 g/mol. The molecule has 0 unspecified atom stereocenters. The smallest absolute Gasteiger partial charge is 0.289 e. The lowest BCUT2D eigenvalue weighted by Crippen LogP contribution is -2.48. The SMILES string of the molecule is CC(C)COc1ccc(C(=O)NC(=S)Nc2ccc(N3CCN(C(=O)c4ccco4)CC3)cc2)cc1. The largest absolute Gasteiger partial charge is 0.493 e. The van der Waals surface area contributed by atoms with E-state index in [1.54, 1.807) is 41.3 Å². The third kappa shape index (κ3) is 6.63. The van der Waals surface area contributed by atoms with E-state index < -0.39 is 0 Å². The van der Waals surface area contributed by atoms with Crippen LogP contribution in [0.4, 0.5) is 11.4 Å². The minimum atomic E-state index is -0.290. The first-order chi connectivity index (χ1) is 17.4. The van der Waals surface area contributed by atoms with Gasteiger partial charge in [-0.2, -0.15) is 0 Å². The van der Waals surface area contributed by atoms with Crippen molar-refractivity contribution in [3.63, 3.8) is 0 Å². The standard InChI is InChI=1S/C27H30N4O4S/c1-19(2)18-35-23-11-5-20(6-12-23)25(32)29-27(36)28-21-7-9-22(10-8-21)30-13-15-31(16-14-30)26(33)24-4-3-17-34-24/h3-12,17,19H,13-16,18H2,1-2H3,(H2,28,29,32,36). The summed E-state index contributed by atoms with van der Waals surface area (Å²) in [4.78, 5) is 29.0. The lowest BCUT2D eigenvalue weighted by molar-refractivity contribution is 0.0714. The molecule has 0 spiro atoms. The molecule has 1 aliphatic rings. The van der Waals surface area contributed by atoms with Crippen LogP contribution in [0.25, 0.3) is 0 Å². The second-order valence-corrected chi connectivity index (χ2v) is 9.35. The molecule has 2 N–H and O–H groups in total. The Morgan fingerprint density at radius 2 is 1.69 bits per heavy atom. The fraction of sp³-hybridized carbons (Fsp3) is 0.296. The zero-order chi connectivity index (χ0) is 25.5. The Bertz CT molecular complexity index is 1170. The maximum atomic E-state index is 12.5. The Hall–Kier alpha value is -3.85. The summed E-state index contributed by atoms with van der Waals surface area (Å²) >= 11 is 5.31. The number of hydrogen-bond donors (Lipinski definition) is 2. The van der Waals surface area contributed by atoms with Crippen LogP contribution in [0.5, 0.6) is 5.75 Å². The van der Waals surface area contributed by atoms with Crippen LogP contribution in [-0.2, 0) is 0 Å². The molecule has 2 amide bonds. The number of rotatable bonds is 7. The lowest BCUT2D eigenvalue weighted by Gasteiger charge is -2.35. The van der Waals surface area contributed by atoms with Crippen molar-refractivity contribution in [2.75, 3.05) is 43.0 Å². The van der Waals surface area contributed by atoms with E-state index >= 15 is 0 Å². The molecule has 0 aliphatic carbocycles. The van der Waals surface area contributed by atoms with E-state index in [-0.39, 0.29) is 16.9 Å². The van der Waals surface area contributed by atoms with Crippen LogP contribution in [0.2, 0.25) is 0 Å². The molecule has 8 nitrogen and oxygen atoms in total. The van der Waals surface area contributed by atoms with Crippen LogP contribution in [0, 0.1) is 5.92 Å². The van der Waals surface area contributed by atoms with E-state index in [1.807, 2.05) is 24.3 Å². The summed E-state index contributed by atoms with van der Waals surface area (Å²) in [7, 11) is 0. The van der Waals surface area contributed by atoms with Crippen LogP contribution < -0.4 is 20.3 Å². The highest BCUT2D eigenvalue weighted by atomic mass is 32.1. The molecule has 188 valence electrons. The van der Waals surface area contributed by atoms with Gasteiger partial charge in [0.05, 0.1) is 12.9 Å². The van der Waals surface area contributed by atoms with Gasteiger partial charge in [0.25, 0.3) is 11.8 Å². The molecule has 4 rings (SSSR count). The highest BCUT2D eigenvalue weighted by molar-refractivity contribution is 7.80. The molecule has 0 bridgehead atoms. The third-order valence-corrected chi connectivity index (χ3v) is 5.92. The summed E-state index contributed by atoms with van der Waals surface area (Å²) < 4.78 is 10.9. The van der Waals surface area contributed by atoms with Crippen LogP contribution in [-0.4, -0.2) is 54.6 Å². The first-order valence-electron chi connectivity index (χ1n) is 11.9. The molecule has 2 heterocycles. The molecule has 1 aromatic heterocycles. The lowest BCUT2D eigenvalue weighted by atomic mass is 10.2. The van der Waals surface area contributed by atoms with Gasteiger partial charge in [-0.1, -0.05) is 13.8 Å². The number of nitrogens with one attached hydrogen (secondary N) is 2. The fourth-order valence-electron chi connectivity index (χ4n) is 3.78. The Morgan fingerprint density at radius 3 is 2.31 bits per heavy atom. The van der Waals surface area contributed by atoms with Crippen molar-refractivity contribution >= 4 is 40.5 Å². The van der Waals surface area contributed by atoms with Gasteiger partial charge in [-0.15, -0.1) is 0 Å². The molecule has 1 fully saturated rings. The molecule has 3 aromatic rings. The minimum absolute atomic E-state index is 0.0786. The molecule has 0 saturated carbocycles. The summed E-state index contributed by atoms with van der Waals surface area (Å²) in [5.41, 5.74) is 2.32. The van der Waals surface area contributed by atoms with Gasteiger partial charge in [0.15, 0.2) is 10.9 Å². The minimum Gasteiger partial charge on any atom is -0.493 e. The highest BCUT2D eigenvalue weighted by Crippen LogP contribution is 2.20. The van der Waals surface area contributed by atoms with Gasteiger partial charge in [0.2, 0.25) is 0 Å². The quantitative estimate of drug-likeness (QED) is 0.459. The predicted molar refractivity (Wildman–Crippen MR) is 144 cm³/mol. The van der Waals surface area contributed by atoms with E-state index in [9.17, 15) is 9.59 Å². The van der Waals surface area contributed by atoms with Gasteiger partial charge < -0.3 is 24.3 Å². The average Bonchev–Trinajstić information content (AvgIpc) is 3.43. The second-order valence-electron chi connectivity index (χ2n) is 8.94. The molecule has 0 atom stereocenters. The van der Waals surface area contributed by atoms with Crippen molar-refractivity contribution < 1.29 is 18.7 Å². The number of furan rings is 1. The average molecular weight is 507 g/mol. The van der Waals surface area contributed by atoms with Crippen molar-refractivity contribution in [3.8, 4) is 5.75 Å². The Kier molecular flexibility index (Phi) is 8.22.